The number of rotatable bonds is 4. The summed E-state index contributed by atoms with van der Waals surface area (Å²) >= 11 is 1.39. The van der Waals surface area contributed by atoms with Crippen LogP contribution in [0.5, 0.6) is 0 Å². The summed E-state index contributed by atoms with van der Waals surface area (Å²) in [4.78, 5) is 15.2. The molecule has 21 heavy (non-hydrogen) atoms. The quantitative estimate of drug-likeness (QED) is 0.833. The summed E-state index contributed by atoms with van der Waals surface area (Å²) in [5.74, 6) is 5.35. The van der Waals surface area contributed by atoms with Crippen LogP contribution in [0.15, 0.2) is 11.4 Å². The zero-order valence-electron chi connectivity index (χ0n) is 12.6. The molecule has 0 aromatic carbocycles. The Kier molecular flexibility index (Phi) is 5.40. The zero-order chi connectivity index (χ0) is 15.3. The van der Waals surface area contributed by atoms with Crippen LogP contribution < -0.4 is 5.32 Å². The maximum Gasteiger partial charge on any atom is 0.262 e. The summed E-state index contributed by atoms with van der Waals surface area (Å²) in [6.45, 7) is 0.476. The minimum atomic E-state index is -0.194. The maximum absolute atomic E-state index is 12.4. The molecule has 1 heterocycles. The van der Waals surface area contributed by atoms with Gasteiger partial charge in [0.1, 0.15) is 11.5 Å². The number of thiophene rings is 1. The summed E-state index contributed by atoms with van der Waals surface area (Å²) in [5, 5.41) is 13.7. The van der Waals surface area contributed by atoms with Gasteiger partial charge in [0.2, 0.25) is 0 Å². The SMILES string of the molecule is CN(C)C1(CNC(=O)c2sccc2C#CCO)CCCC1. The van der Waals surface area contributed by atoms with Gasteiger partial charge in [0.15, 0.2) is 0 Å². The molecular formula is C16H22N2O2S. The van der Waals surface area contributed by atoms with E-state index in [1.165, 1.54) is 24.2 Å². The Balaban J connectivity index is 2.03. The van der Waals surface area contributed by atoms with E-state index in [0.717, 1.165) is 12.8 Å². The first kappa shape index (κ1) is 16.0. The summed E-state index contributed by atoms with van der Waals surface area (Å²) < 4.78 is 0. The Labute approximate surface area is 130 Å². The Morgan fingerprint density at radius 2 is 2.19 bits per heavy atom. The van der Waals surface area contributed by atoms with Crippen molar-refractivity contribution in [2.24, 2.45) is 0 Å². The second-order valence-corrected chi connectivity index (χ2v) is 6.55. The number of hydrogen-bond acceptors (Lipinski definition) is 4. The number of nitrogens with zero attached hydrogens (tertiary/aromatic N) is 1. The van der Waals surface area contributed by atoms with Crippen molar-refractivity contribution in [1.82, 2.24) is 10.2 Å². The van der Waals surface area contributed by atoms with Crippen LogP contribution >= 0.6 is 11.3 Å². The molecule has 1 aromatic heterocycles. The van der Waals surface area contributed by atoms with Crippen LogP contribution in [-0.2, 0) is 0 Å². The van der Waals surface area contributed by atoms with E-state index in [1.54, 1.807) is 0 Å². The minimum Gasteiger partial charge on any atom is -0.384 e. The van der Waals surface area contributed by atoms with Gasteiger partial charge < -0.3 is 15.3 Å². The predicted molar refractivity (Wildman–Crippen MR) is 85.5 cm³/mol. The lowest BCUT2D eigenvalue weighted by atomic mass is 9.96. The second kappa shape index (κ2) is 7.08. The average molecular weight is 306 g/mol. The van der Waals surface area contributed by atoms with E-state index in [-0.39, 0.29) is 18.1 Å². The summed E-state index contributed by atoms with van der Waals surface area (Å²) in [5.41, 5.74) is 0.779. The third-order valence-electron chi connectivity index (χ3n) is 4.23. The molecule has 0 radical (unpaired) electrons. The molecule has 0 aliphatic heterocycles. The fourth-order valence-corrected chi connectivity index (χ4v) is 3.62. The van der Waals surface area contributed by atoms with E-state index >= 15 is 0 Å². The fraction of sp³-hybridized carbons (Fsp3) is 0.562. The Bertz CT molecular complexity index is 548. The summed E-state index contributed by atoms with van der Waals surface area (Å²) in [6, 6.07) is 1.82. The third-order valence-corrected chi connectivity index (χ3v) is 5.15. The van der Waals surface area contributed by atoms with Gasteiger partial charge in [-0.05, 0) is 38.4 Å². The molecule has 2 rings (SSSR count). The molecule has 5 heteroatoms. The second-order valence-electron chi connectivity index (χ2n) is 5.63. The smallest absolute Gasteiger partial charge is 0.262 e. The van der Waals surface area contributed by atoms with Gasteiger partial charge in [0, 0.05) is 17.6 Å². The molecule has 1 aromatic rings. The summed E-state index contributed by atoms with van der Waals surface area (Å²) in [6.07, 6.45) is 4.70. The Morgan fingerprint density at radius 1 is 1.48 bits per heavy atom. The fourth-order valence-electron chi connectivity index (χ4n) is 2.86. The number of aliphatic hydroxyl groups is 1. The van der Waals surface area contributed by atoms with Crippen LogP contribution in [0.4, 0.5) is 0 Å². The van der Waals surface area contributed by atoms with Crippen LogP contribution in [0.2, 0.25) is 0 Å². The number of amides is 1. The first-order chi connectivity index (χ1) is 10.1. The molecule has 0 atom stereocenters. The van der Waals surface area contributed by atoms with Crippen LogP contribution in [-0.4, -0.2) is 48.7 Å². The lowest BCUT2D eigenvalue weighted by Gasteiger charge is -2.36. The van der Waals surface area contributed by atoms with Crippen molar-refractivity contribution in [1.29, 1.82) is 0 Å². The molecule has 1 amide bonds. The molecule has 1 aliphatic rings. The maximum atomic E-state index is 12.4. The Hall–Kier alpha value is -1.35. The van der Waals surface area contributed by atoms with Crippen molar-refractivity contribution < 1.29 is 9.90 Å². The first-order valence-electron chi connectivity index (χ1n) is 7.22. The number of nitrogens with one attached hydrogen (secondary N) is 1. The molecule has 114 valence electrons. The van der Waals surface area contributed by atoms with Gasteiger partial charge in [-0.1, -0.05) is 24.7 Å². The molecule has 0 bridgehead atoms. The number of aliphatic hydroxyl groups excluding tert-OH is 1. The molecule has 1 aliphatic carbocycles. The third kappa shape index (κ3) is 3.65. The lowest BCUT2D eigenvalue weighted by Crippen LogP contribution is -2.50. The highest BCUT2D eigenvalue weighted by molar-refractivity contribution is 7.12. The molecule has 4 nitrogen and oxygen atoms in total. The highest BCUT2D eigenvalue weighted by atomic mass is 32.1. The first-order valence-corrected chi connectivity index (χ1v) is 8.10. The number of likely N-dealkylation sites (N-methyl/N-ethyl adjacent to an activating group) is 1. The topological polar surface area (TPSA) is 52.6 Å². The van der Waals surface area contributed by atoms with Gasteiger partial charge in [-0.15, -0.1) is 11.3 Å². The van der Waals surface area contributed by atoms with Crippen molar-refractivity contribution in [3.63, 3.8) is 0 Å². The van der Waals surface area contributed by atoms with Gasteiger partial charge in [0.25, 0.3) is 5.91 Å². The van der Waals surface area contributed by atoms with E-state index in [4.69, 9.17) is 5.11 Å². The largest absolute Gasteiger partial charge is 0.384 e. The summed E-state index contributed by atoms with van der Waals surface area (Å²) in [7, 11) is 4.17. The van der Waals surface area contributed by atoms with Crippen molar-refractivity contribution in [2.75, 3.05) is 27.2 Å². The molecule has 0 unspecified atom stereocenters. The lowest BCUT2D eigenvalue weighted by molar-refractivity contribution is 0.0904. The van der Waals surface area contributed by atoms with Crippen LogP contribution in [0, 0.1) is 11.8 Å². The number of hydrogen-bond donors (Lipinski definition) is 2. The van der Waals surface area contributed by atoms with Crippen molar-refractivity contribution in [2.45, 2.75) is 31.2 Å². The molecule has 1 fully saturated rings. The molecule has 2 N–H and O–H groups in total. The van der Waals surface area contributed by atoms with Crippen molar-refractivity contribution >= 4 is 17.2 Å². The van der Waals surface area contributed by atoms with Gasteiger partial charge in [-0.2, -0.15) is 0 Å². The van der Waals surface area contributed by atoms with Gasteiger partial charge in [0.05, 0.1) is 0 Å². The van der Waals surface area contributed by atoms with E-state index in [1.807, 2.05) is 11.4 Å². The van der Waals surface area contributed by atoms with Crippen molar-refractivity contribution in [3.8, 4) is 11.8 Å². The van der Waals surface area contributed by atoms with E-state index < -0.39 is 0 Å². The molecular weight excluding hydrogens is 284 g/mol. The highest BCUT2D eigenvalue weighted by Gasteiger charge is 2.36. The monoisotopic (exact) mass is 306 g/mol. The van der Waals surface area contributed by atoms with Gasteiger partial charge in [-0.25, -0.2) is 0 Å². The van der Waals surface area contributed by atoms with Crippen LogP contribution in [0.25, 0.3) is 0 Å². The molecule has 1 saturated carbocycles. The van der Waals surface area contributed by atoms with Crippen molar-refractivity contribution in [3.05, 3.63) is 21.9 Å². The molecule has 0 spiro atoms. The van der Waals surface area contributed by atoms with Crippen LogP contribution in [0.3, 0.4) is 0 Å². The van der Waals surface area contributed by atoms with Gasteiger partial charge >= 0.3 is 0 Å². The predicted octanol–water partition coefficient (Wildman–Crippen LogP) is 1.70. The normalized spacial score (nSPS) is 16.6. The minimum absolute atomic E-state index is 0.0691. The van der Waals surface area contributed by atoms with E-state index in [2.05, 4.69) is 36.2 Å². The van der Waals surface area contributed by atoms with Crippen LogP contribution in [0.1, 0.15) is 40.9 Å². The average Bonchev–Trinajstić information content (AvgIpc) is 3.12. The van der Waals surface area contributed by atoms with Gasteiger partial charge in [-0.3, -0.25) is 4.79 Å². The standard InChI is InChI=1S/C16H22N2O2S/c1-18(2)16(8-3-4-9-16)12-17-15(20)14-13(6-5-10-19)7-11-21-14/h7,11,19H,3-4,8-10,12H2,1-2H3,(H,17,20). The zero-order valence-corrected chi connectivity index (χ0v) is 13.4. The highest BCUT2D eigenvalue weighted by Crippen LogP contribution is 2.33. The number of carbonyl (C=O) groups excluding carboxylic acids is 1. The molecule has 0 saturated heterocycles. The Morgan fingerprint density at radius 3 is 2.81 bits per heavy atom. The van der Waals surface area contributed by atoms with E-state index in [9.17, 15) is 4.79 Å². The van der Waals surface area contributed by atoms with E-state index in [0.29, 0.717) is 17.0 Å². The number of carbonyl (C=O) groups is 1.